The lowest BCUT2D eigenvalue weighted by Gasteiger charge is -2.32. The van der Waals surface area contributed by atoms with Gasteiger partial charge in [-0.25, -0.2) is 0 Å². The summed E-state index contributed by atoms with van der Waals surface area (Å²) in [5.41, 5.74) is 1.44. The van der Waals surface area contributed by atoms with Crippen LogP contribution in [0.15, 0.2) is 18.2 Å². The predicted molar refractivity (Wildman–Crippen MR) is 93.6 cm³/mol. The highest BCUT2D eigenvalue weighted by Gasteiger charge is 2.52. The minimum absolute atomic E-state index is 0.363. The summed E-state index contributed by atoms with van der Waals surface area (Å²) in [6, 6.07) is 6.26. The lowest BCUT2D eigenvalue weighted by atomic mass is 9.77. The van der Waals surface area contributed by atoms with Crippen molar-refractivity contribution in [3.05, 3.63) is 23.8 Å². The molecule has 1 saturated heterocycles. The lowest BCUT2D eigenvalue weighted by molar-refractivity contribution is 0.00578. The van der Waals surface area contributed by atoms with Crippen molar-refractivity contribution in [3.8, 4) is 5.75 Å². The van der Waals surface area contributed by atoms with E-state index in [4.69, 9.17) is 18.8 Å². The second kappa shape index (κ2) is 6.84. The Bertz CT molecular complexity index is 524. The normalized spacial score (nSPS) is 19.4. The van der Waals surface area contributed by atoms with Crippen LogP contribution in [0.25, 0.3) is 0 Å². The molecule has 0 amide bonds. The average molecular weight is 320 g/mol. The van der Waals surface area contributed by atoms with E-state index in [9.17, 15) is 0 Å². The summed E-state index contributed by atoms with van der Waals surface area (Å²) < 4.78 is 23.3. The van der Waals surface area contributed by atoms with Crippen LogP contribution in [0.3, 0.4) is 0 Å². The molecule has 0 radical (unpaired) electrons. The Kier molecular flexibility index (Phi) is 5.44. The summed E-state index contributed by atoms with van der Waals surface area (Å²) in [6.07, 6.45) is 0. The Labute approximate surface area is 140 Å². The molecule has 128 valence electrons. The molecule has 1 aromatic carbocycles. The Morgan fingerprint density at radius 3 is 2.17 bits per heavy atom. The fourth-order valence-corrected chi connectivity index (χ4v) is 2.43. The molecule has 1 fully saturated rings. The van der Waals surface area contributed by atoms with Crippen LogP contribution in [-0.2, 0) is 14.0 Å². The van der Waals surface area contributed by atoms with E-state index in [0.717, 1.165) is 11.2 Å². The second-order valence-electron chi connectivity index (χ2n) is 7.38. The molecule has 0 saturated carbocycles. The third-order valence-electron chi connectivity index (χ3n) is 4.76. The van der Waals surface area contributed by atoms with Gasteiger partial charge in [-0.15, -0.1) is 0 Å². The number of benzene rings is 1. The number of hydrogen-bond acceptors (Lipinski definition) is 4. The quantitative estimate of drug-likeness (QED) is 0.596. The van der Waals surface area contributed by atoms with Crippen LogP contribution in [0, 0.1) is 0 Å². The zero-order chi connectivity index (χ0) is 17.3. The van der Waals surface area contributed by atoms with Crippen LogP contribution in [0.2, 0.25) is 0 Å². The van der Waals surface area contributed by atoms with Crippen molar-refractivity contribution in [1.29, 1.82) is 0 Å². The van der Waals surface area contributed by atoms with Crippen LogP contribution >= 0.6 is 0 Å². The highest BCUT2D eigenvalue weighted by Crippen LogP contribution is 2.37. The smallest absolute Gasteiger partial charge is 0.492 e. The number of ether oxygens (including phenoxy) is 2. The molecule has 4 nitrogen and oxygen atoms in total. The third-order valence-corrected chi connectivity index (χ3v) is 4.76. The monoisotopic (exact) mass is 320 g/mol. The SMILES string of the molecule is COCCOc1cc(C(C)C)ccc1B1OC(C)(C)C(C)(C)O1. The van der Waals surface area contributed by atoms with Gasteiger partial charge in [-0.2, -0.15) is 0 Å². The first-order chi connectivity index (χ1) is 10.7. The van der Waals surface area contributed by atoms with Crippen molar-refractivity contribution in [2.24, 2.45) is 0 Å². The van der Waals surface area contributed by atoms with Gasteiger partial charge in [-0.05, 0) is 45.2 Å². The fraction of sp³-hybridized carbons (Fsp3) is 0.667. The molecule has 0 aliphatic carbocycles. The Morgan fingerprint density at radius 2 is 1.65 bits per heavy atom. The van der Waals surface area contributed by atoms with Gasteiger partial charge >= 0.3 is 7.12 Å². The van der Waals surface area contributed by atoms with Gasteiger partial charge in [0.05, 0.1) is 17.8 Å². The van der Waals surface area contributed by atoms with Crippen molar-refractivity contribution < 1.29 is 18.8 Å². The van der Waals surface area contributed by atoms with Crippen molar-refractivity contribution in [2.45, 2.75) is 58.7 Å². The predicted octanol–water partition coefficient (Wildman–Crippen LogP) is 3.13. The molecular weight excluding hydrogens is 291 g/mol. The minimum atomic E-state index is -0.418. The minimum Gasteiger partial charge on any atom is -0.492 e. The van der Waals surface area contributed by atoms with Crippen molar-refractivity contribution in [3.63, 3.8) is 0 Å². The maximum absolute atomic E-state index is 6.16. The first-order valence-corrected chi connectivity index (χ1v) is 8.29. The van der Waals surface area contributed by atoms with Gasteiger partial charge in [-0.3, -0.25) is 0 Å². The van der Waals surface area contributed by atoms with E-state index >= 15 is 0 Å². The molecular formula is C18H29BO4. The molecule has 0 aromatic heterocycles. The zero-order valence-electron chi connectivity index (χ0n) is 15.4. The Hall–Kier alpha value is -1.04. The van der Waals surface area contributed by atoms with E-state index in [1.54, 1.807) is 7.11 Å². The molecule has 1 heterocycles. The molecule has 0 N–H and O–H groups in total. The molecule has 0 bridgehead atoms. The van der Waals surface area contributed by atoms with E-state index < -0.39 is 7.12 Å². The van der Waals surface area contributed by atoms with Crippen LogP contribution in [-0.4, -0.2) is 38.6 Å². The van der Waals surface area contributed by atoms with Gasteiger partial charge in [0, 0.05) is 12.6 Å². The summed E-state index contributed by atoms with van der Waals surface area (Å²) in [6.45, 7) is 13.6. The molecule has 0 spiro atoms. The van der Waals surface area contributed by atoms with Crippen LogP contribution < -0.4 is 10.2 Å². The van der Waals surface area contributed by atoms with Gasteiger partial charge in [-0.1, -0.05) is 26.0 Å². The van der Waals surface area contributed by atoms with E-state index in [2.05, 4.69) is 59.7 Å². The second-order valence-corrected chi connectivity index (χ2v) is 7.38. The summed E-state index contributed by atoms with van der Waals surface area (Å²) in [4.78, 5) is 0. The Balaban J connectivity index is 2.30. The van der Waals surface area contributed by atoms with Gasteiger partial charge < -0.3 is 18.8 Å². The van der Waals surface area contributed by atoms with Gasteiger partial charge in [0.1, 0.15) is 12.4 Å². The van der Waals surface area contributed by atoms with Crippen molar-refractivity contribution >= 4 is 12.6 Å². The number of hydrogen-bond donors (Lipinski definition) is 0. The standard InChI is InChI=1S/C18H29BO4/c1-13(2)14-8-9-15(16(12-14)21-11-10-20-7)19-22-17(3,4)18(5,6)23-19/h8-9,12-13H,10-11H2,1-7H3. The number of methoxy groups -OCH3 is 1. The zero-order valence-corrected chi connectivity index (χ0v) is 15.4. The first-order valence-electron chi connectivity index (χ1n) is 8.29. The Morgan fingerprint density at radius 1 is 1.04 bits per heavy atom. The number of rotatable bonds is 6. The van der Waals surface area contributed by atoms with Crippen LogP contribution in [0.5, 0.6) is 5.75 Å². The van der Waals surface area contributed by atoms with Crippen LogP contribution in [0.4, 0.5) is 0 Å². The largest absolute Gasteiger partial charge is 0.498 e. The summed E-state index contributed by atoms with van der Waals surface area (Å²) in [7, 11) is 1.25. The molecule has 0 atom stereocenters. The van der Waals surface area contributed by atoms with E-state index in [0.29, 0.717) is 19.1 Å². The average Bonchev–Trinajstić information content (AvgIpc) is 2.67. The van der Waals surface area contributed by atoms with Crippen molar-refractivity contribution in [2.75, 3.05) is 20.3 Å². The van der Waals surface area contributed by atoms with Gasteiger partial charge in [0.25, 0.3) is 0 Å². The molecule has 2 rings (SSSR count). The summed E-state index contributed by atoms with van der Waals surface area (Å²) in [5, 5.41) is 0. The fourth-order valence-electron chi connectivity index (χ4n) is 2.43. The molecule has 0 unspecified atom stereocenters. The van der Waals surface area contributed by atoms with Gasteiger partial charge in [0.15, 0.2) is 0 Å². The maximum atomic E-state index is 6.16. The summed E-state index contributed by atoms with van der Waals surface area (Å²) in [5.74, 6) is 1.25. The third kappa shape index (κ3) is 3.90. The molecule has 1 aromatic rings. The van der Waals surface area contributed by atoms with Crippen LogP contribution in [0.1, 0.15) is 53.0 Å². The molecule has 23 heavy (non-hydrogen) atoms. The van der Waals surface area contributed by atoms with E-state index in [-0.39, 0.29) is 11.2 Å². The van der Waals surface area contributed by atoms with Gasteiger partial charge in [0.2, 0.25) is 0 Å². The van der Waals surface area contributed by atoms with E-state index in [1.807, 2.05) is 0 Å². The topological polar surface area (TPSA) is 36.9 Å². The van der Waals surface area contributed by atoms with Crippen molar-refractivity contribution in [1.82, 2.24) is 0 Å². The first kappa shape index (κ1) is 18.3. The molecule has 5 heteroatoms. The summed E-state index contributed by atoms with van der Waals surface area (Å²) >= 11 is 0. The molecule has 1 aliphatic heterocycles. The highest BCUT2D eigenvalue weighted by atomic mass is 16.7. The maximum Gasteiger partial charge on any atom is 0.498 e. The van der Waals surface area contributed by atoms with E-state index in [1.165, 1.54) is 5.56 Å². The highest BCUT2D eigenvalue weighted by molar-refractivity contribution is 6.63. The molecule has 1 aliphatic rings. The lowest BCUT2D eigenvalue weighted by Crippen LogP contribution is -2.41.